The Balaban J connectivity index is 1.92. The van der Waals surface area contributed by atoms with Gasteiger partial charge in [-0.2, -0.15) is 11.8 Å². The second kappa shape index (κ2) is 3.99. The minimum Gasteiger partial charge on any atom is -0.329 e. The van der Waals surface area contributed by atoms with Crippen LogP contribution in [0.25, 0.3) is 0 Å². The Morgan fingerprint density at radius 2 is 2.33 bits per heavy atom. The molecule has 0 spiro atoms. The highest BCUT2D eigenvalue weighted by Gasteiger charge is 2.31. The van der Waals surface area contributed by atoms with E-state index in [1.807, 2.05) is 0 Å². The van der Waals surface area contributed by atoms with Crippen LogP contribution in [0.5, 0.6) is 0 Å². The molecule has 70 valence electrons. The second-order valence-corrected chi connectivity index (χ2v) is 4.94. The van der Waals surface area contributed by atoms with Crippen molar-refractivity contribution in [2.75, 3.05) is 24.6 Å². The Kier molecular flexibility index (Phi) is 2.94. The Morgan fingerprint density at radius 3 is 3.00 bits per heavy atom. The standard InChI is InChI=1S/C9H18N2S/c10-6-8-2-1-4-11(8)9-3-5-12-7-9/h8-9H,1-7,10H2. The molecule has 0 saturated carbocycles. The average Bonchev–Trinajstić information content (AvgIpc) is 2.74. The number of nitrogens with two attached hydrogens (primary N) is 1. The van der Waals surface area contributed by atoms with Gasteiger partial charge in [0.15, 0.2) is 0 Å². The molecule has 0 aromatic rings. The van der Waals surface area contributed by atoms with Gasteiger partial charge in [0.25, 0.3) is 0 Å². The van der Waals surface area contributed by atoms with E-state index < -0.39 is 0 Å². The van der Waals surface area contributed by atoms with Crippen LogP contribution >= 0.6 is 11.8 Å². The average molecular weight is 186 g/mol. The third kappa shape index (κ3) is 1.63. The summed E-state index contributed by atoms with van der Waals surface area (Å²) in [5.74, 6) is 2.70. The fourth-order valence-corrected chi connectivity index (χ4v) is 3.61. The first-order valence-corrected chi connectivity index (χ1v) is 6.11. The summed E-state index contributed by atoms with van der Waals surface area (Å²) in [6.07, 6.45) is 4.09. The number of likely N-dealkylation sites (tertiary alicyclic amines) is 1. The zero-order valence-electron chi connectivity index (χ0n) is 7.54. The number of thioether (sulfide) groups is 1. The Hall–Kier alpha value is 0.270. The minimum absolute atomic E-state index is 0.702. The molecule has 0 bridgehead atoms. The van der Waals surface area contributed by atoms with E-state index in [-0.39, 0.29) is 0 Å². The van der Waals surface area contributed by atoms with Gasteiger partial charge in [-0.25, -0.2) is 0 Å². The predicted molar refractivity (Wildman–Crippen MR) is 54.5 cm³/mol. The fourth-order valence-electron chi connectivity index (χ4n) is 2.38. The molecule has 2 fully saturated rings. The maximum absolute atomic E-state index is 5.74. The van der Waals surface area contributed by atoms with E-state index in [1.54, 1.807) is 0 Å². The molecule has 0 aromatic heterocycles. The maximum Gasteiger partial charge on any atom is 0.0222 e. The van der Waals surface area contributed by atoms with Gasteiger partial charge < -0.3 is 5.73 Å². The van der Waals surface area contributed by atoms with E-state index in [4.69, 9.17) is 5.73 Å². The predicted octanol–water partition coefficient (Wildman–Crippen LogP) is 0.915. The van der Waals surface area contributed by atoms with Crippen LogP contribution in [0, 0.1) is 0 Å². The molecule has 2 N–H and O–H groups in total. The molecule has 0 aromatic carbocycles. The molecule has 2 nitrogen and oxygen atoms in total. The molecule has 0 amide bonds. The molecular weight excluding hydrogens is 168 g/mol. The molecule has 2 heterocycles. The summed E-state index contributed by atoms with van der Waals surface area (Å²) in [7, 11) is 0. The quantitative estimate of drug-likeness (QED) is 0.695. The molecule has 2 unspecified atom stereocenters. The SMILES string of the molecule is NCC1CCCN1C1CCSC1. The van der Waals surface area contributed by atoms with Crippen LogP contribution in [0.1, 0.15) is 19.3 Å². The fraction of sp³-hybridized carbons (Fsp3) is 1.00. The molecule has 0 aliphatic carbocycles. The molecule has 0 radical (unpaired) electrons. The lowest BCUT2D eigenvalue weighted by molar-refractivity contribution is 0.199. The number of nitrogens with zero attached hydrogens (tertiary/aromatic N) is 1. The monoisotopic (exact) mass is 186 g/mol. The molecule has 2 rings (SSSR count). The summed E-state index contributed by atoms with van der Waals surface area (Å²) >= 11 is 2.10. The van der Waals surface area contributed by atoms with Crippen molar-refractivity contribution in [2.45, 2.75) is 31.3 Å². The molecular formula is C9H18N2S. The first-order chi connectivity index (χ1) is 5.92. The summed E-state index contributed by atoms with van der Waals surface area (Å²) in [5, 5.41) is 0. The molecule has 2 atom stereocenters. The first kappa shape index (κ1) is 8.85. The van der Waals surface area contributed by atoms with Crippen LogP contribution in [0.15, 0.2) is 0 Å². The number of rotatable bonds is 2. The van der Waals surface area contributed by atoms with Crippen molar-refractivity contribution in [3.8, 4) is 0 Å². The third-order valence-electron chi connectivity index (χ3n) is 3.07. The van der Waals surface area contributed by atoms with Gasteiger partial charge >= 0.3 is 0 Å². The summed E-state index contributed by atoms with van der Waals surface area (Å²) in [4.78, 5) is 2.65. The Bertz CT molecular complexity index is 145. The van der Waals surface area contributed by atoms with Gasteiger partial charge in [-0.15, -0.1) is 0 Å². The van der Waals surface area contributed by atoms with Crippen LogP contribution in [-0.2, 0) is 0 Å². The van der Waals surface area contributed by atoms with Gasteiger partial charge in [0.2, 0.25) is 0 Å². The lowest BCUT2D eigenvalue weighted by Gasteiger charge is -2.28. The zero-order chi connectivity index (χ0) is 8.39. The Labute approximate surface area is 78.9 Å². The largest absolute Gasteiger partial charge is 0.329 e. The topological polar surface area (TPSA) is 29.3 Å². The summed E-state index contributed by atoms with van der Waals surface area (Å²) in [6.45, 7) is 2.16. The zero-order valence-corrected chi connectivity index (χ0v) is 8.35. The smallest absolute Gasteiger partial charge is 0.0222 e. The van der Waals surface area contributed by atoms with E-state index >= 15 is 0 Å². The second-order valence-electron chi connectivity index (χ2n) is 3.79. The third-order valence-corrected chi connectivity index (χ3v) is 4.21. The molecule has 12 heavy (non-hydrogen) atoms. The van der Waals surface area contributed by atoms with Crippen molar-refractivity contribution < 1.29 is 0 Å². The van der Waals surface area contributed by atoms with Gasteiger partial charge in [-0.1, -0.05) is 0 Å². The molecule has 3 heteroatoms. The van der Waals surface area contributed by atoms with Crippen molar-refractivity contribution in [1.82, 2.24) is 4.90 Å². The van der Waals surface area contributed by atoms with Crippen LogP contribution < -0.4 is 5.73 Å². The lowest BCUT2D eigenvalue weighted by Crippen LogP contribution is -2.42. The summed E-state index contributed by atoms with van der Waals surface area (Å²) < 4.78 is 0. The molecule has 2 aliphatic heterocycles. The Morgan fingerprint density at radius 1 is 1.42 bits per heavy atom. The van der Waals surface area contributed by atoms with E-state index in [0.717, 1.165) is 12.6 Å². The van der Waals surface area contributed by atoms with Gasteiger partial charge in [-0.05, 0) is 31.6 Å². The number of hydrogen-bond donors (Lipinski definition) is 1. The number of hydrogen-bond acceptors (Lipinski definition) is 3. The minimum atomic E-state index is 0.702. The lowest BCUT2D eigenvalue weighted by atomic mass is 10.1. The summed E-state index contributed by atoms with van der Waals surface area (Å²) in [6, 6.07) is 1.56. The van der Waals surface area contributed by atoms with Gasteiger partial charge in [0.05, 0.1) is 0 Å². The van der Waals surface area contributed by atoms with Crippen molar-refractivity contribution in [1.29, 1.82) is 0 Å². The maximum atomic E-state index is 5.74. The first-order valence-electron chi connectivity index (χ1n) is 4.95. The van der Waals surface area contributed by atoms with Crippen molar-refractivity contribution in [3.05, 3.63) is 0 Å². The van der Waals surface area contributed by atoms with E-state index in [1.165, 1.54) is 37.3 Å². The highest BCUT2D eigenvalue weighted by molar-refractivity contribution is 7.99. The van der Waals surface area contributed by atoms with E-state index in [9.17, 15) is 0 Å². The van der Waals surface area contributed by atoms with Crippen LogP contribution in [0.3, 0.4) is 0 Å². The van der Waals surface area contributed by atoms with Crippen LogP contribution in [0.2, 0.25) is 0 Å². The van der Waals surface area contributed by atoms with Gasteiger partial charge in [0, 0.05) is 24.4 Å². The van der Waals surface area contributed by atoms with Crippen molar-refractivity contribution in [2.24, 2.45) is 5.73 Å². The summed E-state index contributed by atoms with van der Waals surface area (Å²) in [5.41, 5.74) is 5.74. The van der Waals surface area contributed by atoms with E-state index in [2.05, 4.69) is 16.7 Å². The van der Waals surface area contributed by atoms with Crippen molar-refractivity contribution in [3.63, 3.8) is 0 Å². The highest BCUT2D eigenvalue weighted by atomic mass is 32.2. The van der Waals surface area contributed by atoms with Crippen molar-refractivity contribution >= 4 is 11.8 Å². The highest BCUT2D eigenvalue weighted by Crippen LogP contribution is 2.28. The normalized spacial score (nSPS) is 37.8. The van der Waals surface area contributed by atoms with Gasteiger partial charge in [0.1, 0.15) is 0 Å². The molecule has 2 saturated heterocycles. The molecule has 2 aliphatic rings. The van der Waals surface area contributed by atoms with E-state index in [0.29, 0.717) is 6.04 Å². The van der Waals surface area contributed by atoms with Gasteiger partial charge in [-0.3, -0.25) is 4.90 Å². The van der Waals surface area contributed by atoms with Crippen LogP contribution in [-0.4, -0.2) is 41.6 Å². The van der Waals surface area contributed by atoms with Crippen LogP contribution in [0.4, 0.5) is 0 Å².